The Morgan fingerprint density at radius 3 is 2.41 bits per heavy atom. The molecule has 0 saturated carbocycles. The Kier molecular flexibility index (Phi) is 4.53. The van der Waals surface area contributed by atoms with E-state index in [-0.39, 0.29) is 16.9 Å². The van der Waals surface area contributed by atoms with Gasteiger partial charge in [-0.15, -0.1) is 0 Å². The first-order chi connectivity index (χ1) is 13.6. The average molecular weight is 432 g/mol. The highest BCUT2D eigenvalue weighted by Gasteiger charge is 2.35. The zero-order chi connectivity index (χ0) is 21.0. The van der Waals surface area contributed by atoms with Gasteiger partial charge in [0.1, 0.15) is 5.82 Å². The van der Waals surface area contributed by atoms with Gasteiger partial charge in [-0.05, 0) is 36.8 Å². The summed E-state index contributed by atoms with van der Waals surface area (Å²) in [5.41, 5.74) is -0.591. The van der Waals surface area contributed by atoms with Gasteiger partial charge in [0.15, 0.2) is 0 Å². The Hall–Kier alpha value is -2.68. The number of hydrogen-bond acceptors (Lipinski definition) is 2. The number of halogens is 7. The van der Waals surface area contributed by atoms with E-state index in [0.29, 0.717) is 24.3 Å². The molecule has 1 aromatic heterocycles. The third-order valence-corrected chi connectivity index (χ3v) is 4.94. The molecular weight excluding hydrogens is 420 g/mol. The number of benzene rings is 2. The molecule has 1 N–H and O–H groups in total. The van der Waals surface area contributed by atoms with Crippen molar-refractivity contribution in [1.82, 2.24) is 9.78 Å². The Bertz CT molecular complexity index is 1080. The molecule has 0 unspecified atom stereocenters. The molecule has 29 heavy (non-hydrogen) atoms. The van der Waals surface area contributed by atoms with Crippen molar-refractivity contribution in [2.45, 2.75) is 18.8 Å². The SMILES string of the molecule is FC(F)(F)c1cccc(-n2nc(-c3ccc(Cl)c(C(F)(F)F)c3)c3c2NCC3)c1. The molecule has 4 rings (SSSR count). The highest BCUT2D eigenvalue weighted by atomic mass is 35.5. The Morgan fingerprint density at radius 1 is 0.966 bits per heavy atom. The summed E-state index contributed by atoms with van der Waals surface area (Å²) in [6, 6.07) is 8.04. The molecule has 3 aromatic rings. The van der Waals surface area contributed by atoms with E-state index < -0.39 is 28.5 Å². The van der Waals surface area contributed by atoms with Gasteiger partial charge in [0.2, 0.25) is 0 Å². The second kappa shape index (κ2) is 6.69. The van der Waals surface area contributed by atoms with E-state index in [1.54, 1.807) is 0 Å². The van der Waals surface area contributed by atoms with Crippen LogP contribution in [0.5, 0.6) is 0 Å². The lowest BCUT2D eigenvalue weighted by atomic mass is 10.0. The molecule has 3 nitrogen and oxygen atoms in total. The van der Waals surface area contributed by atoms with E-state index in [9.17, 15) is 26.3 Å². The van der Waals surface area contributed by atoms with Crippen LogP contribution in [0.2, 0.25) is 5.02 Å². The molecule has 0 fully saturated rings. The lowest BCUT2D eigenvalue weighted by Crippen LogP contribution is -2.08. The molecule has 10 heteroatoms. The number of rotatable bonds is 2. The van der Waals surface area contributed by atoms with Gasteiger partial charge in [-0.1, -0.05) is 23.7 Å². The standard InChI is InChI=1S/C19H12ClF6N3/c20-15-5-4-10(8-14(15)19(24,25)26)16-13-6-7-27-17(13)29(28-16)12-3-1-2-11(9-12)18(21,22)23/h1-5,8-9,27H,6-7H2. The lowest BCUT2D eigenvalue weighted by Gasteiger charge is -2.11. The van der Waals surface area contributed by atoms with Crippen LogP contribution in [-0.2, 0) is 18.8 Å². The molecular formula is C19H12ClF6N3. The highest BCUT2D eigenvalue weighted by molar-refractivity contribution is 6.31. The van der Waals surface area contributed by atoms with Crippen molar-refractivity contribution < 1.29 is 26.3 Å². The van der Waals surface area contributed by atoms with Crippen LogP contribution >= 0.6 is 11.6 Å². The topological polar surface area (TPSA) is 29.9 Å². The summed E-state index contributed by atoms with van der Waals surface area (Å²) < 4.78 is 80.1. The monoisotopic (exact) mass is 431 g/mol. The fraction of sp³-hybridized carbons (Fsp3) is 0.211. The number of fused-ring (bicyclic) bond motifs is 1. The van der Waals surface area contributed by atoms with Crippen LogP contribution < -0.4 is 5.32 Å². The van der Waals surface area contributed by atoms with Crippen molar-refractivity contribution in [1.29, 1.82) is 0 Å². The van der Waals surface area contributed by atoms with Crippen molar-refractivity contribution in [3.63, 3.8) is 0 Å². The van der Waals surface area contributed by atoms with Gasteiger partial charge in [-0.25, -0.2) is 4.68 Å². The minimum absolute atomic E-state index is 0.154. The maximum Gasteiger partial charge on any atom is 0.417 e. The molecule has 2 aromatic carbocycles. The largest absolute Gasteiger partial charge is 0.417 e. The van der Waals surface area contributed by atoms with Crippen LogP contribution in [0.25, 0.3) is 16.9 Å². The normalized spacial score (nSPS) is 14.0. The molecule has 2 heterocycles. The zero-order valence-corrected chi connectivity index (χ0v) is 15.3. The maximum atomic E-state index is 13.2. The van der Waals surface area contributed by atoms with E-state index in [1.165, 1.54) is 22.9 Å². The molecule has 1 aliphatic rings. The van der Waals surface area contributed by atoms with Gasteiger partial charge in [0.25, 0.3) is 0 Å². The number of anilines is 1. The lowest BCUT2D eigenvalue weighted by molar-refractivity contribution is -0.138. The number of nitrogens with one attached hydrogen (secondary N) is 1. The Morgan fingerprint density at radius 2 is 1.72 bits per heavy atom. The average Bonchev–Trinajstić information content (AvgIpc) is 3.23. The van der Waals surface area contributed by atoms with E-state index in [4.69, 9.17) is 11.6 Å². The van der Waals surface area contributed by atoms with Gasteiger partial charge in [-0.2, -0.15) is 31.4 Å². The number of hydrogen-bond donors (Lipinski definition) is 1. The van der Waals surface area contributed by atoms with Gasteiger partial charge in [-0.3, -0.25) is 0 Å². The van der Waals surface area contributed by atoms with Gasteiger partial charge < -0.3 is 5.32 Å². The summed E-state index contributed by atoms with van der Waals surface area (Å²) in [4.78, 5) is 0. The smallest absolute Gasteiger partial charge is 0.369 e. The summed E-state index contributed by atoms with van der Waals surface area (Å²) >= 11 is 5.68. The van der Waals surface area contributed by atoms with Crippen molar-refractivity contribution in [3.05, 3.63) is 64.2 Å². The van der Waals surface area contributed by atoms with Crippen molar-refractivity contribution in [3.8, 4) is 16.9 Å². The number of alkyl halides is 6. The second-order valence-electron chi connectivity index (χ2n) is 6.50. The third kappa shape index (κ3) is 3.55. The predicted octanol–water partition coefficient (Wildman–Crippen LogP) is 6.20. The molecule has 152 valence electrons. The zero-order valence-electron chi connectivity index (χ0n) is 14.5. The van der Waals surface area contributed by atoms with E-state index in [2.05, 4.69) is 10.4 Å². The maximum absolute atomic E-state index is 13.2. The first-order valence-electron chi connectivity index (χ1n) is 8.46. The Labute approximate surface area is 165 Å². The van der Waals surface area contributed by atoms with Crippen molar-refractivity contribution >= 4 is 17.4 Å². The first-order valence-corrected chi connectivity index (χ1v) is 8.84. The van der Waals surface area contributed by atoms with E-state index in [1.807, 2.05) is 0 Å². The summed E-state index contributed by atoms with van der Waals surface area (Å²) in [6.07, 6.45) is -8.69. The van der Waals surface area contributed by atoms with Crippen LogP contribution in [0.4, 0.5) is 32.2 Å². The van der Waals surface area contributed by atoms with Gasteiger partial charge in [0.05, 0.1) is 27.5 Å². The highest BCUT2D eigenvalue weighted by Crippen LogP contribution is 2.40. The molecule has 0 saturated heterocycles. The molecule has 0 atom stereocenters. The minimum Gasteiger partial charge on any atom is -0.369 e. The van der Waals surface area contributed by atoms with Crippen LogP contribution in [0, 0.1) is 0 Å². The molecule has 0 bridgehead atoms. The summed E-state index contributed by atoms with van der Waals surface area (Å²) in [6.45, 7) is 0.499. The fourth-order valence-corrected chi connectivity index (χ4v) is 3.52. The van der Waals surface area contributed by atoms with Gasteiger partial charge >= 0.3 is 12.4 Å². The third-order valence-electron chi connectivity index (χ3n) is 4.61. The predicted molar refractivity (Wildman–Crippen MR) is 96.2 cm³/mol. The van der Waals surface area contributed by atoms with Crippen LogP contribution in [0.1, 0.15) is 16.7 Å². The van der Waals surface area contributed by atoms with Crippen molar-refractivity contribution in [2.75, 3.05) is 11.9 Å². The number of nitrogens with zero attached hydrogens (tertiary/aromatic N) is 2. The summed E-state index contributed by atoms with van der Waals surface area (Å²) in [5.74, 6) is 0.461. The fourth-order valence-electron chi connectivity index (χ4n) is 3.30. The van der Waals surface area contributed by atoms with E-state index >= 15 is 0 Å². The molecule has 1 aliphatic heterocycles. The molecule has 0 amide bonds. The first kappa shape index (κ1) is 19.6. The molecule has 0 aliphatic carbocycles. The quantitative estimate of drug-likeness (QED) is 0.490. The van der Waals surface area contributed by atoms with Gasteiger partial charge in [0, 0.05) is 17.7 Å². The molecule has 0 radical (unpaired) electrons. The van der Waals surface area contributed by atoms with Crippen molar-refractivity contribution in [2.24, 2.45) is 0 Å². The van der Waals surface area contributed by atoms with Crippen LogP contribution in [0.3, 0.4) is 0 Å². The minimum atomic E-state index is -4.64. The van der Waals surface area contributed by atoms with Crippen LogP contribution in [-0.4, -0.2) is 16.3 Å². The van der Waals surface area contributed by atoms with Crippen LogP contribution in [0.15, 0.2) is 42.5 Å². The summed E-state index contributed by atoms with van der Waals surface area (Å²) in [5, 5.41) is 6.93. The van der Waals surface area contributed by atoms with E-state index in [0.717, 1.165) is 24.3 Å². The Balaban J connectivity index is 1.86. The molecule has 0 spiro atoms. The summed E-state index contributed by atoms with van der Waals surface area (Å²) in [7, 11) is 0. The number of aromatic nitrogens is 2. The second-order valence-corrected chi connectivity index (χ2v) is 6.91.